The molecule has 0 aromatic heterocycles. The lowest BCUT2D eigenvalue weighted by molar-refractivity contribution is -0.142. The highest BCUT2D eigenvalue weighted by atomic mass is 19.3. The lowest BCUT2D eigenvalue weighted by Gasteiger charge is -2.36. The Morgan fingerprint density at radius 1 is 1.22 bits per heavy atom. The van der Waals surface area contributed by atoms with Crippen molar-refractivity contribution in [2.24, 2.45) is 16.6 Å². The molecule has 1 unspecified atom stereocenters. The maximum Gasteiger partial charge on any atom is 0.387 e. The second-order valence-electron chi connectivity index (χ2n) is 8.00. The molecule has 32 heavy (non-hydrogen) atoms. The molecule has 7 nitrogen and oxygen atoms in total. The Balaban J connectivity index is 1.64. The number of nitrogens with one attached hydrogen (secondary N) is 1. The second kappa shape index (κ2) is 8.57. The number of halogens is 2. The molecule has 0 bridgehead atoms. The number of carbonyl (C=O) groups excluding carboxylic acids is 2. The number of carbonyl (C=O) groups is 2. The van der Waals surface area contributed by atoms with Crippen molar-refractivity contribution in [2.45, 2.75) is 37.3 Å². The summed E-state index contributed by atoms with van der Waals surface area (Å²) in [5.41, 5.74) is 6.53. The number of nitrogens with two attached hydrogens (primary N) is 1. The number of nitrogens with zero attached hydrogens (tertiary/aromatic N) is 1. The van der Waals surface area contributed by atoms with E-state index in [9.17, 15) is 18.4 Å². The normalized spacial score (nSPS) is 24.5. The molecule has 1 aliphatic heterocycles. The van der Waals surface area contributed by atoms with E-state index in [1.165, 1.54) is 31.4 Å². The average molecular weight is 443 g/mol. The van der Waals surface area contributed by atoms with Gasteiger partial charge in [0, 0.05) is 6.42 Å². The van der Waals surface area contributed by atoms with Gasteiger partial charge in [-0.25, -0.2) is 4.99 Å². The van der Waals surface area contributed by atoms with Crippen LogP contribution in [0.25, 0.3) is 0 Å². The van der Waals surface area contributed by atoms with Crippen molar-refractivity contribution in [1.29, 1.82) is 0 Å². The molecule has 168 valence electrons. The first kappa shape index (κ1) is 21.7. The molecule has 1 aliphatic carbocycles. The largest absolute Gasteiger partial charge is 0.469 e. The quantitative estimate of drug-likeness (QED) is 0.641. The summed E-state index contributed by atoms with van der Waals surface area (Å²) in [4.78, 5) is 28.9. The average Bonchev–Trinajstić information content (AvgIpc) is 3.05. The summed E-state index contributed by atoms with van der Waals surface area (Å²) >= 11 is 0. The van der Waals surface area contributed by atoms with E-state index in [0.29, 0.717) is 17.5 Å². The monoisotopic (exact) mass is 443 g/mol. The number of benzene rings is 2. The molecule has 3 N–H and O–H groups in total. The van der Waals surface area contributed by atoms with Crippen molar-refractivity contribution >= 4 is 17.8 Å². The van der Waals surface area contributed by atoms with Crippen molar-refractivity contribution < 1.29 is 27.8 Å². The highest BCUT2D eigenvalue weighted by Gasteiger charge is 2.47. The van der Waals surface area contributed by atoms with Gasteiger partial charge >= 0.3 is 12.6 Å². The molecule has 2 aromatic rings. The van der Waals surface area contributed by atoms with Gasteiger partial charge in [-0.2, -0.15) is 8.78 Å². The minimum Gasteiger partial charge on any atom is -0.469 e. The van der Waals surface area contributed by atoms with E-state index in [-0.39, 0.29) is 29.5 Å². The van der Waals surface area contributed by atoms with Crippen LogP contribution in [-0.2, 0) is 19.9 Å². The molecule has 1 heterocycles. The van der Waals surface area contributed by atoms with Gasteiger partial charge in [-0.1, -0.05) is 36.4 Å². The number of ether oxygens (including phenoxy) is 2. The first-order valence-corrected chi connectivity index (χ1v) is 10.2. The number of guanidine groups is 1. The maximum absolute atomic E-state index is 13.0. The first-order chi connectivity index (χ1) is 15.3. The smallest absolute Gasteiger partial charge is 0.387 e. The van der Waals surface area contributed by atoms with Crippen molar-refractivity contribution in [2.75, 3.05) is 7.11 Å². The van der Waals surface area contributed by atoms with Crippen molar-refractivity contribution in [3.8, 4) is 5.75 Å². The molecule has 2 aliphatic rings. The fourth-order valence-electron chi connectivity index (χ4n) is 4.41. The van der Waals surface area contributed by atoms with E-state index >= 15 is 0 Å². The molecule has 0 radical (unpaired) electrons. The molecule has 1 fully saturated rings. The van der Waals surface area contributed by atoms with Gasteiger partial charge in [0.25, 0.3) is 5.91 Å². The number of rotatable bonds is 7. The van der Waals surface area contributed by atoms with Gasteiger partial charge in [0.2, 0.25) is 0 Å². The Kier molecular flexibility index (Phi) is 5.82. The third-order valence-electron chi connectivity index (χ3n) is 6.05. The van der Waals surface area contributed by atoms with Crippen LogP contribution in [0, 0.1) is 5.92 Å². The van der Waals surface area contributed by atoms with Gasteiger partial charge in [0.1, 0.15) is 5.75 Å². The second-order valence-corrected chi connectivity index (χ2v) is 8.00. The summed E-state index contributed by atoms with van der Waals surface area (Å²) in [5.74, 6) is -0.144. The van der Waals surface area contributed by atoms with Crippen LogP contribution in [0.15, 0.2) is 53.5 Å². The van der Waals surface area contributed by atoms with E-state index < -0.39 is 18.1 Å². The van der Waals surface area contributed by atoms with Crippen LogP contribution in [0.5, 0.6) is 5.75 Å². The van der Waals surface area contributed by atoms with E-state index in [1.807, 2.05) is 18.2 Å². The van der Waals surface area contributed by atoms with Crippen LogP contribution in [0.1, 0.15) is 41.9 Å². The van der Waals surface area contributed by atoms with E-state index in [0.717, 1.165) is 18.4 Å². The predicted molar refractivity (Wildman–Crippen MR) is 112 cm³/mol. The number of alkyl halides is 2. The van der Waals surface area contributed by atoms with Crippen molar-refractivity contribution in [3.63, 3.8) is 0 Å². The lowest BCUT2D eigenvalue weighted by atomic mass is 9.69. The maximum atomic E-state index is 13.0. The van der Waals surface area contributed by atoms with Gasteiger partial charge in [-0.05, 0) is 53.5 Å². The minimum atomic E-state index is -2.94. The molecule has 1 atom stereocenters. The van der Waals surface area contributed by atoms with Gasteiger partial charge in [0.05, 0.1) is 7.11 Å². The molecule has 0 saturated heterocycles. The fourth-order valence-corrected chi connectivity index (χ4v) is 4.41. The summed E-state index contributed by atoms with van der Waals surface area (Å²) in [6.07, 6.45) is 2.10. The SMILES string of the molecule is COC(=O)CC1CC(c2cccc(C3(c4ccc(OC(F)F)cc4)N=C(N)NC3=O)c2)C1. The van der Waals surface area contributed by atoms with Gasteiger partial charge in [-0.15, -0.1) is 0 Å². The zero-order valence-corrected chi connectivity index (χ0v) is 17.4. The first-order valence-electron chi connectivity index (χ1n) is 10.2. The van der Waals surface area contributed by atoms with Crippen molar-refractivity contribution in [1.82, 2.24) is 5.32 Å². The van der Waals surface area contributed by atoms with E-state index in [1.54, 1.807) is 6.07 Å². The third-order valence-corrected chi connectivity index (χ3v) is 6.05. The van der Waals surface area contributed by atoms with Crippen LogP contribution in [0.3, 0.4) is 0 Å². The number of aliphatic imine (C=N–C) groups is 1. The van der Waals surface area contributed by atoms with Gasteiger partial charge in [-0.3, -0.25) is 14.9 Å². The molecule has 1 saturated carbocycles. The standard InChI is InChI=1S/C23H23F2N3O4/c1-31-19(29)11-13-9-15(10-13)14-3-2-4-17(12-14)23(20(30)27-22(26)28-23)16-5-7-18(8-6-16)32-21(24)25/h2-8,12-13,15,21H,9-11H2,1H3,(H3,26,27,28,30). The van der Waals surface area contributed by atoms with Gasteiger partial charge in [0.15, 0.2) is 11.5 Å². The number of hydrogen-bond acceptors (Lipinski definition) is 6. The number of esters is 1. The Morgan fingerprint density at radius 2 is 1.94 bits per heavy atom. The van der Waals surface area contributed by atoms with Crippen LogP contribution < -0.4 is 15.8 Å². The van der Waals surface area contributed by atoms with E-state index in [2.05, 4.69) is 15.0 Å². The molecule has 0 spiro atoms. The van der Waals surface area contributed by atoms with Gasteiger partial charge < -0.3 is 15.2 Å². The Morgan fingerprint density at radius 3 is 2.53 bits per heavy atom. The summed E-state index contributed by atoms with van der Waals surface area (Å²) in [7, 11) is 1.38. The van der Waals surface area contributed by atoms with Crippen LogP contribution in [-0.4, -0.2) is 31.6 Å². The van der Waals surface area contributed by atoms with Crippen molar-refractivity contribution in [3.05, 3.63) is 65.2 Å². The Labute approximate surface area is 183 Å². The van der Waals surface area contributed by atoms with Crippen LogP contribution in [0.4, 0.5) is 8.78 Å². The summed E-state index contributed by atoms with van der Waals surface area (Å²) in [5, 5.41) is 2.55. The molecular weight excluding hydrogens is 420 g/mol. The minimum absolute atomic E-state index is 0.0184. The summed E-state index contributed by atoms with van der Waals surface area (Å²) < 4.78 is 34.2. The van der Waals surface area contributed by atoms with E-state index in [4.69, 9.17) is 10.5 Å². The summed E-state index contributed by atoms with van der Waals surface area (Å²) in [6, 6.07) is 13.3. The number of hydrogen-bond donors (Lipinski definition) is 2. The highest BCUT2D eigenvalue weighted by molar-refractivity contribution is 6.09. The predicted octanol–water partition coefficient (Wildman–Crippen LogP) is 3.03. The fraction of sp³-hybridized carbons (Fsp3) is 0.348. The zero-order chi connectivity index (χ0) is 22.9. The van der Waals surface area contributed by atoms with Crippen LogP contribution >= 0.6 is 0 Å². The molecule has 2 aromatic carbocycles. The number of methoxy groups -OCH3 is 1. The molecule has 4 rings (SSSR count). The van der Waals surface area contributed by atoms with Crippen LogP contribution in [0.2, 0.25) is 0 Å². The molecular formula is C23H23F2N3O4. The lowest BCUT2D eigenvalue weighted by Crippen LogP contribution is -2.39. The Hall–Kier alpha value is -3.49. The molecule has 9 heteroatoms. The Bertz CT molecular complexity index is 1050. The number of amides is 1. The topological polar surface area (TPSA) is 103 Å². The molecule has 1 amide bonds. The highest BCUT2D eigenvalue weighted by Crippen LogP contribution is 2.45. The third kappa shape index (κ3) is 4.02. The summed E-state index contributed by atoms with van der Waals surface area (Å²) in [6.45, 7) is -2.94. The zero-order valence-electron chi connectivity index (χ0n) is 17.4.